The molecule has 16 heavy (non-hydrogen) atoms. The Hall–Kier alpha value is -1.28. The van der Waals surface area contributed by atoms with Crippen molar-refractivity contribution < 1.29 is 0 Å². The zero-order valence-electron chi connectivity index (χ0n) is 10.5. The van der Waals surface area contributed by atoms with Crippen molar-refractivity contribution in [2.24, 2.45) is 0 Å². The maximum absolute atomic E-state index is 3.36. The van der Waals surface area contributed by atoms with Crippen molar-refractivity contribution in [1.29, 1.82) is 0 Å². The molecule has 1 N–H and O–H groups in total. The van der Waals surface area contributed by atoms with Gasteiger partial charge in [-0.2, -0.15) is 0 Å². The summed E-state index contributed by atoms with van der Waals surface area (Å²) in [6.45, 7) is 5.44. The highest BCUT2D eigenvalue weighted by Gasteiger charge is 2.06. The number of nitrogens with one attached hydrogen (secondary N) is 1. The minimum atomic E-state index is 0.588. The van der Waals surface area contributed by atoms with Gasteiger partial charge in [0.15, 0.2) is 0 Å². The van der Waals surface area contributed by atoms with Gasteiger partial charge >= 0.3 is 0 Å². The van der Waals surface area contributed by atoms with Crippen molar-refractivity contribution in [3.8, 4) is 0 Å². The van der Waals surface area contributed by atoms with E-state index in [1.54, 1.807) is 0 Å². The predicted molar refractivity (Wildman–Crippen MR) is 69.8 cm³/mol. The van der Waals surface area contributed by atoms with E-state index in [9.17, 15) is 0 Å². The van der Waals surface area contributed by atoms with Crippen LogP contribution in [0.15, 0.2) is 24.4 Å². The Morgan fingerprint density at radius 2 is 2.00 bits per heavy atom. The number of H-pyrrole nitrogens is 1. The summed E-state index contributed by atoms with van der Waals surface area (Å²) in [6, 6.07) is 6.74. The highest BCUT2D eigenvalue weighted by molar-refractivity contribution is 5.83. The average Bonchev–Trinajstić information content (AvgIpc) is 2.60. The second-order valence-electron chi connectivity index (χ2n) is 5.01. The number of hydrogen-bond donors (Lipinski definition) is 1. The van der Waals surface area contributed by atoms with Crippen molar-refractivity contribution in [3.63, 3.8) is 0 Å². The van der Waals surface area contributed by atoms with Gasteiger partial charge in [0, 0.05) is 23.6 Å². The zero-order valence-corrected chi connectivity index (χ0v) is 10.5. The molecule has 0 saturated carbocycles. The quantitative estimate of drug-likeness (QED) is 0.833. The number of hydrogen-bond acceptors (Lipinski definition) is 1. The molecule has 0 bridgehead atoms. The second kappa shape index (κ2) is 4.30. The molecule has 0 saturated heterocycles. The maximum Gasteiger partial charge on any atom is 0.0460 e. The predicted octanol–water partition coefficient (Wildman–Crippen LogP) is 3.35. The standard InChI is InChI=1S/C14H20N2/c1-10(2)11-5-6-13-12(9-16(3)4)8-15-14(13)7-11/h5-8,10,15H,9H2,1-4H3. The van der Waals surface area contributed by atoms with Gasteiger partial charge < -0.3 is 9.88 Å². The van der Waals surface area contributed by atoms with Crippen LogP contribution >= 0.6 is 0 Å². The molecule has 86 valence electrons. The van der Waals surface area contributed by atoms with Gasteiger partial charge in [-0.3, -0.25) is 0 Å². The molecule has 0 unspecified atom stereocenters. The van der Waals surface area contributed by atoms with Crippen molar-refractivity contribution >= 4 is 10.9 Å². The molecule has 2 rings (SSSR count). The van der Waals surface area contributed by atoms with Gasteiger partial charge in [-0.25, -0.2) is 0 Å². The molecule has 1 aromatic heterocycles. The Balaban J connectivity index is 2.42. The fourth-order valence-electron chi connectivity index (χ4n) is 2.03. The minimum absolute atomic E-state index is 0.588. The molecule has 0 atom stereocenters. The molecular weight excluding hydrogens is 196 g/mol. The first-order valence-corrected chi connectivity index (χ1v) is 5.82. The number of nitrogens with zero attached hydrogens (tertiary/aromatic N) is 1. The molecule has 0 aliphatic heterocycles. The first-order chi connectivity index (χ1) is 7.58. The summed E-state index contributed by atoms with van der Waals surface area (Å²) >= 11 is 0. The van der Waals surface area contributed by atoms with Crippen molar-refractivity contribution in [1.82, 2.24) is 9.88 Å². The fourth-order valence-corrected chi connectivity index (χ4v) is 2.03. The third-order valence-corrected chi connectivity index (χ3v) is 2.94. The van der Waals surface area contributed by atoms with Crippen LogP contribution in [0.5, 0.6) is 0 Å². The number of rotatable bonds is 3. The smallest absolute Gasteiger partial charge is 0.0460 e. The largest absolute Gasteiger partial charge is 0.361 e. The summed E-state index contributed by atoms with van der Waals surface area (Å²) in [5, 5.41) is 1.35. The van der Waals surface area contributed by atoms with Crippen LogP contribution in [0.25, 0.3) is 10.9 Å². The van der Waals surface area contributed by atoms with Gasteiger partial charge in [0.1, 0.15) is 0 Å². The van der Waals surface area contributed by atoms with Crippen LogP contribution in [-0.2, 0) is 6.54 Å². The van der Waals surface area contributed by atoms with Crippen LogP contribution in [0.1, 0.15) is 30.9 Å². The highest BCUT2D eigenvalue weighted by atomic mass is 15.0. The molecule has 0 fully saturated rings. The highest BCUT2D eigenvalue weighted by Crippen LogP contribution is 2.23. The normalized spacial score (nSPS) is 11.9. The van der Waals surface area contributed by atoms with Crippen LogP contribution in [0.2, 0.25) is 0 Å². The Bertz CT molecular complexity index is 480. The summed E-state index contributed by atoms with van der Waals surface area (Å²) in [6.07, 6.45) is 2.12. The Morgan fingerprint density at radius 1 is 1.25 bits per heavy atom. The average molecular weight is 216 g/mol. The summed E-state index contributed by atoms with van der Waals surface area (Å²) in [4.78, 5) is 5.56. The van der Waals surface area contributed by atoms with Gasteiger partial charge in [-0.1, -0.05) is 26.0 Å². The molecule has 0 spiro atoms. The zero-order chi connectivity index (χ0) is 11.7. The van der Waals surface area contributed by atoms with Crippen LogP contribution in [0.3, 0.4) is 0 Å². The van der Waals surface area contributed by atoms with E-state index >= 15 is 0 Å². The Labute approximate surface area is 97.3 Å². The van der Waals surface area contributed by atoms with E-state index < -0.39 is 0 Å². The Kier molecular flexibility index (Phi) is 3.01. The maximum atomic E-state index is 3.36. The number of aromatic amines is 1. The second-order valence-corrected chi connectivity index (χ2v) is 5.01. The summed E-state index contributed by atoms with van der Waals surface area (Å²) in [5.41, 5.74) is 4.02. The molecule has 2 heteroatoms. The molecule has 1 aromatic carbocycles. The first kappa shape index (κ1) is 11.2. The van der Waals surface area contributed by atoms with Crippen molar-refractivity contribution in [2.45, 2.75) is 26.3 Å². The molecule has 0 amide bonds. The topological polar surface area (TPSA) is 19.0 Å². The molecule has 2 aromatic rings. The van der Waals surface area contributed by atoms with Crippen LogP contribution in [0.4, 0.5) is 0 Å². The van der Waals surface area contributed by atoms with Gasteiger partial charge in [-0.15, -0.1) is 0 Å². The van der Waals surface area contributed by atoms with Gasteiger partial charge in [0.05, 0.1) is 0 Å². The number of aromatic nitrogens is 1. The van der Waals surface area contributed by atoms with Gasteiger partial charge in [0.2, 0.25) is 0 Å². The molecule has 1 heterocycles. The third kappa shape index (κ3) is 2.12. The van der Waals surface area contributed by atoms with Crippen molar-refractivity contribution in [2.75, 3.05) is 14.1 Å². The Morgan fingerprint density at radius 3 is 2.62 bits per heavy atom. The van der Waals surface area contributed by atoms with E-state index in [1.807, 2.05) is 0 Å². The molecule has 0 aliphatic rings. The number of fused-ring (bicyclic) bond motifs is 1. The van der Waals surface area contributed by atoms with Crippen molar-refractivity contribution in [3.05, 3.63) is 35.5 Å². The van der Waals surface area contributed by atoms with Crippen LogP contribution < -0.4 is 0 Å². The SMILES string of the molecule is CC(C)c1ccc2c(CN(C)C)c[nH]c2c1. The first-order valence-electron chi connectivity index (χ1n) is 5.82. The van der Waals surface area contributed by atoms with E-state index in [2.05, 4.69) is 62.2 Å². The van der Waals surface area contributed by atoms with E-state index in [-0.39, 0.29) is 0 Å². The minimum Gasteiger partial charge on any atom is -0.361 e. The van der Waals surface area contributed by atoms with Gasteiger partial charge in [-0.05, 0) is 37.2 Å². The van der Waals surface area contributed by atoms with Gasteiger partial charge in [0.25, 0.3) is 0 Å². The summed E-state index contributed by atoms with van der Waals surface area (Å²) in [7, 11) is 4.20. The lowest BCUT2D eigenvalue weighted by atomic mass is 10.0. The lowest BCUT2D eigenvalue weighted by Crippen LogP contribution is -2.10. The van der Waals surface area contributed by atoms with E-state index in [0.717, 1.165) is 6.54 Å². The lowest BCUT2D eigenvalue weighted by molar-refractivity contribution is 0.404. The summed E-state index contributed by atoms with van der Waals surface area (Å²) in [5.74, 6) is 0.588. The lowest BCUT2D eigenvalue weighted by Gasteiger charge is -2.09. The van der Waals surface area contributed by atoms with Crippen LogP contribution in [-0.4, -0.2) is 24.0 Å². The van der Waals surface area contributed by atoms with E-state index in [4.69, 9.17) is 0 Å². The monoisotopic (exact) mass is 216 g/mol. The molecule has 2 nitrogen and oxygen atoms in total. The third-order valence-electron chi connectivity index (χ3n) is 2.94. The molecular formula is C14H20N2. The fraction of sp³-hybridized carbons (Fsp3) is 0.429. The van der Waals surface area contributed by atoms with E-state index in [0.29, 0.717) is 5.92 Å². The van der Waals surface area contributed by atoms with Crippen LogP contribution in [0, 0.1) is 0 Å². The van der Waals surface area contributed by atoms with E-state index in [1.165, 1.54) is 22.0 Å². The number of benzene rings is 1. The molecule has 0 radical (unpaired) electrons. The molecule has 0 aliphatic carbocycles. The summed E-state index contributed by atoms with van der Waals surface area (Å²) < 4.78 is 0.